The van der Waals surface area contributed by atoms with Gasteiger partial charge in [-0.2, -0.15) is 0 Å². The quantitative estimate of drug-likeness (QED) is 0.674. The number of benzene rings is 1. The number of halogens is 2. The smallest absolute Gasteiger partial charge is 0.253 e. The van der Waals surface area contributed by atoms with E-state index in [0.29, 0.717) is 29.2 Å². The van der Waals surface area contributed by atoms with Crippen LogP contribution in [0.2, 0.25) is 5.02 Å². The van der Waals surface area contributed by atoms with Crippen molar-refractivity contribution in [1.29, 1.82) is 0 Å². The second-order valence-corrected chi connectivity index (χ2v) is 7.51. The van der Waals surface area contributed by atoms with Gasteiger partial charge in [0.2, 0.25) is 5.91 Å². The highest BCUT2D eigenvalue weighted by atomic mass is 35.5. The lowest BCUT2D eigenvalue weighted by Gasteiger charge is -2.24. The first-order valence-corrected chi connectivity index (χ1v) is 9.14. The third-order valence-electron chi connectivity index (χ3n) is 4.74. The SMILES string of the molecule is CNC(=O)[C@@H]1C[C@H](n2cc(C(C)(C)NC(=O)c3ccccc3Cl)nn2)CN1.Cl. The van der Waals surface area contributed by atoms with E-state index >= 15 is 0 Å². The molecule has 0 bridgehead atoms. The van der Waals surface area contributed by atoms with E-state index in [9.17, 15) is 9.59 Å². The van der Waals surface area contributed by atoms with E-state index in [1.165, 1.54) is 0 Å². The third kappa shape index (κ3) is 4.63. The summed E-state index contributed by atoms with van der Waals surface area (Å²) in [5.74, 6) is -0.312. The highest BCUT2D eigenvalue weighted by Crippen LogP contribution is 2.24. The monoisotopic (exact) mass is 426 g/mol. The molecule has 2 heterocycles. The van der Waals surface area contributed by atoms with Crippen LogP contribution in [0.25, 0.3) is 0 Å². The lowest BCUT2D eigenvalue weighted by Crippen LogP contribution is -2.41. The number of likely N-dealkylation sites (N-methyl/N-ethyl adjacent to an activating group) is 1. The molecule has 28 heavy (non-hydrogen) atoms. The molecule has 0 spiro atoms. The topological polar surface area (TPSA) is 101 Å². The van der Waals surface area contributed by atoms with Crippen LogP contribution in [-0.4, -0.2) is 46.4 Å². The number of carbonyl (C=O) groups excluding carboxylic acids is 2. The molecular weight excluding hydrogens is 403 g/mol. The lowest BCUT2D eigenvalue weighted by molar-refractivity contribution is -0.122. The van der Waals surface area contributed by atoms with Crippen molar-refractivity contribution in [2.24, 2.45) is 0 Å². The van der Waals surface area contributed by atoms with Gasteiger partial charge in [-0.15, -0.1) is 17.5 Å². The molecule has 0 saturated carbocycles. The average molecular weight is 427 g/mol. The summed E-state index contributed by atoms with van der Waals surface area (Å²) >= 11 is 6.10. The minimum atomic E-state index is -0.735. The number of rotatable bonds is 5. The molecule has 1 aliphatic heterocycles. The van der Waals surface area contributed by atoms with Crippen LogP contribution in [0, 0.1) is 0 Å². The van der Waals surface area contributed by atoms with Crippen LogP contribution in [0.5, 0.6) is 0 Å². The zero-order valence-electron chi connectivity index (χ0n) is 15.9. The van der Waals surface area contributed by atoms with Crippen LogP contribution in [0.3, 0.4) is 0 Å². The Hall–Kier alpha value is -2.16. The largest absolute Gasteiger partial charge is 0.358 e. The molecule has 0 radical (unpaired) electrons. The van der Waals surface area contributed by atoms with E-state index in [2.05, 4.69) is 26.3 Å². The fraction of sp³-hybridized carbons (Fsp3) is 0.444. The maximum absolute atomic E-state index is 12.6. The second kappa shape index (κ2) is 8.89. The fourth-order valence-electron chi connectivity index (χ4n) is 3.09. The van der Waals surface area contributed by atoms with E-state index in [4.69, 9.17) is 11.6 Å². The summed E-state index contributed by atoms with van der Waals surface area (Å²) in [5.41, 5.74) is 0.306. The Morgan fingerprint density at radius 1 is 1.32 bits per heavy atom. The molecule has 2 amide bonds. The van der Waals surface area contributed by atoms with Gasteiger partial charge in [-0.05, 0) is 32.4 Å². The van der Waals surface area contributed by atoms with Crippen LogP contribution in [0.1, 0.15) is 42.4 Å². The summed E-state index contributed by atoms with van der Waals surface area (Å²) < 4.78 is 1.74. The van der Waals surface area contributed by atoms with Crippen LogP contribution in [0.4, 0.5) is 0 Å². The molecule has 1 fully saturated rings. The Balaban J connectivity index is 0.00000280. The highest BCUT2D eigenvalue weighted by molar-refractivity contribution is 6.33. The van der Waals surface area contributed by atoms with Gasteiger partial charge in [-0.1, -0.05) is 28.9 Å². The van der Waals surface area contributed by atoms with Crippen molar-refractivity contribution in [2.75, 3.05) is 13.6 Å². The molecule has 152 valence electrons. The molecule has 2 atom stereocenters. The van der Waals surface area contributed by atoms with Gasteiger partial charge in [0.05, 0.1) is 34.4 Å². The number of hydrogen-bond donors (Lipinski definition) is 3. The number of nitrogens with zero attached hydrogens (tertiary/aromatic N) is 3. The molecule has 1 aliphatic rings. The van der Waals surface area contributed by atoms with E-state index in [0.717, 1.165) is 0 Å². The van der Waals surface area contributed by atoms with Crippen molar-refractivity contribution >= 4 is 35.8 Å². The Labute approximate surface area is 174 Å². The third-order valence-corrected chi connectivity index (χ3v) is 5.07. The summed E-state index contributed by atoms with van der Waals surface area (Å²) in [6, 6.07) is 6.69. The summed E-state index contributed by atoms with van der Waals surface area (Å²) in [5, 5.41) is 17.6. The number of carbonyl (C=O) groups is 2. The zero-order valence-corrected chi connectivity index (χ0v) is 17.5. The van der Waals surface area contributed by atoms with Gasteiger partial charge in [-0.25, -0.2) is 4.68 Å². The van der Waals surface area contributed by atoms with Gasteiger partial charge in [-0.3, -0.25) is 9.59 Å². The second-order valence-electron chi connectivity index (χ2n) is 7.11. The lowest BCUT2D eigenvalue weighted by atomic mass is 10.0. The van der Waals surface area contributed by atoms with Crippen molar-refractivity contribution in [3.05, 3.63) is 46.7 Å². The van der Waals surface area contributed by atoms with Crippen LogP contribution < -0.4 is 16.0 Å². The Bertz CT molecular complexity index is 854. The van der Waals surface area contributed by atoms with Crippen molar-refractivity contribution < 1.29 is 9.59 Å². The standard InChI is InChI=1S/C18H23ClN6O2.ClH/c1-18(2,22-16(26)12-6-4-5-7-13(12)19)15-10-25(24-23-15)11-8-14(21-9-11)17(27)20-3;/h4-7,10-11,14,21H,8-9H2,1-3H3,(H,20,27)(H,22,26);1H/t11-,14-;/m0./s1. The predicted molar refractivity (Wildman–Crippen MR) is 109 cm³/mol. The molecule has 2 aromatic rings. The highest BCUT2D eigenvalue weighted by Gasteiger charge is 2.33. The predicted octanol–water partition coefficient (Wildman–Crippen LogP) is 1.67. The van der Waals surface area contributed by atoms with Crippen molar-refractivity contribution in [1.82, 2.24) is 30.9 Å². The number of nitrogens with one attached hydrogen (secondary N) is 3. The first-order chi connectivity index (χ1) is 12.8. The van der Waals surface area contributed by atoms with Gasteiger partial charge < -0.3 is 16.0 Å². The molecule has 1 saturated heterocycles. The van der Waals surface area contributed by atoms with E-state index in [-0.39, 0.29) is 36.3 Å². The Kier molecular flexibility index (Phi) is 7.03. The maximum atomic E-state index is 12.6. The van der Waals surface area contributed by atoms with Crippen molar-refractivity contribution in [2.45, 2.75) is 37.9 Å². The summed E-state index contributed by atoms with van der Waals surface area (Å²) in [4.78, 5) is 24.3. The molecule has 8 nitrogen and oxygen atoms in total. The molecule has 10 heteroatoms. The Morgan fingerprint density at radius 2 is 2.04 bits per heavy atom. The molecule has 3 N–H and O–H groups in total. The van der Waals surface area contributed by atoms with Gasteiger partial charge in [0.1, 0.15) is 5.69 Å². The number of hydrogen-bond acceptors (Lipinski definition) is 5. The van der Waals surface area contributed by atoms with Crippen molar-refractivity contribution in [3.8, 4) is 0 Å². The van der Waals surface area contributed by atoms with E-state index < -0.39 is 5.54 Å². The molecule has 1 aromatic heterocycles. The maximum Gasteiger partial charge on any atom is 0.253 e. The van der Waals surface area contributed by atoms with Crippen LogP contribution in [-0.2, 0) is 10.3 Å². The first kappa shape index (κ1) is 22.1. The Morgan fingerprint density at radius 3 is 2.71 bits per heavy atom. The molecule has 3 rings (SSSR count). The van der Waals surface area contributed by atoms with Gasteiger partial charge >= 0.3 is 0 Å². The average Bonchev–Trinajstić information content (AvgIpc) is 3.30. The first-order valence-electron chi connectivity index (χ1n) is 8.76. The summed E-state index contributed by atoms with van der Waals surface area (Å²) in [6.07, 6.45) is 2.44. The summed E-state index contributed by atoms with van der Waals surface area (Å²) in [6.45, 7) is 4.35. The summed E-state index contributed by atoms with van der Waals surface area (Å²) in [7, 11) is 1.62. The van der Waals surface area contributed by atoms with Gasteiger partial charge in [0.25, 0.3) is 5.91 Å². The molecular formula is C18H24Cl2N6O2. The normalized spacial score (nSPS) is 19.0. The molecule has 0 aliphatic carbocycles. The number of aromatic nitrogens is 3. The molecule has 0 unspecified atom stereocenters. The minimum Gasteiger partial charge on any atom is -0.358 e. The van der Waals surface area contributed by atoms with E-state index in [1.54, 1.807) is 36.0 Å². The van der Waals surface area contributed by atoms with Crippen LogP contribution in [0.15, 0.2) is 30.5 Å². The van der Waals surface area contributed by atoms with E-state index in [1.807, 2.05) is 20.0 Å². The van der Waals surface area contributed by atoms with Crippen molar-refractivity contribution in [3.63, 3.8) is 0 Å². The van der Waals surface area contributed by atoms with Crippen LogP contribution >= 0.6 is 24.0 Å². The minimum absolute atomic E-state index is 0. The van der Waals surface area contributed by atoms with Gasteiger partial charge in [0, 0.05) is 13.6 Å². The molecule has 1 aromatic carbocycles. The van der Waals surface area contributed by atoms with Gasteiger partial charge in [0.15, 0.2) is 0 Å². The fourth-order valence-corrected chi connectivity index (χ4v) is 3.32. The zero-order chi connectivity index (χ0) is 19.6. The number of amides is 2.